The van der Waals surface area contributed by atoms with Gasteiger partial charge in [-0.15, -0.1) is 0 Å². The molecule has 4 nitrogen and oxygen atoms in total. The molecule has 0 aliphatic rings. The molecule has 3 aromatic rings. The molecule has 5 heteroatoms. The molecule has 2 aromatic carbocycles. The number of halogens is 1. The minimum atomic E-state index is -0.236. The van der Waals surface area contributed by atoms with Crippen molar-refractivity contribution in [2.75, 3.05) is 7.11 Å². The second-order valence-electron chi connectivity index (χ2n) is 4.89. The zero-order chi connectivity index (χ0) is 16.4. The summed E-state index contributed by atoms with van der Waals surface area (Å²) in [5.41, 5.74) is 1.39. The van der Waals surface area contributed by atoms with Gasteiger partial charge in [0, 0.05) is 9.86 Å². The Kier molecular flexibility index (Phi) is 4.21. The van der Waals surface area contributed by atoms with Crippen LogP contribution >= 0.6 is 15.9 Å². The normalized spacial score (nSPS) is 11.2. The first-order valence-electron chi connectivity index (χ1n) is 6.86. The summed E-state index contributed by atoms with van der Waals surface area (Å²) in [5, 5.41) is 10.6. The van der Waals surface area contributed by atoms with E-state index in [1.54, 1.807) is 18.2 Å². The topological polar surface area (TPSA) is 59.7 Å². The first kappa shape index (κ1) is 15.4. The number of benzene rings is 2. The van der Waals surface area contributed by atoms with E-state index in [1.165, 1.54) is 19.3 Å². The zero-order valence-corrected chi connectivity index (χ0v) is 13.8. The molecule has 0 fully saturated rings. The molecule has 23 heavy (non-hydrogen) atoms. The van der Waals surface area contributed by atoms with E-state index in [4.69, 9.17) is 9.15 Å². The molecule has 1 N–H and O–H groups in total. The lowest BCUT2D eigenvalue weighted by Gasteiger charge is -2.06. The van der Waals surface area contributed by atoms with Crippen molar-refractivity contribution >= 4 is 38.8 Å². The van der Waals surface area contributed by atoms with Gasteiger partial charge in [-0.25, -0.2) is 0 Å². The maximum Gasteiger partial charge on any atom is 0.221 e. The molecule has 1 aromatic heterocycles. The van der Waals surface area contributed by atoms with E-state index in [2.05, 4.69) is 15.9 Å². The molecule has 0 saturated carbocycles. The number of methoxy groups -OCH3 is 1. The van der Waals surface area contributed by atoms with Crippen LogP contribution in [0.2, 0.25) is 0 Å². The van der Waals surface area contributed by atoms with Gasteiger partial charge >= 0.3 is 0 Å². The number of ether oxygens (including phenoxy) is 1. The molecular formula is C18H13BrO4. The highest BCUT2D eigenvalue weighted by Crippen LogP contribution is 2.33. The van der Waals surface area contributed by atoms with Crippen LogP contribution in [0.1, 0.15) is 16.1 Å². The summed E-state index contributed by atoms with van der Waals surface area (Å²) < 4.78 is 11.3. The lowest BCUT2D eigenvalue weighted by atomic mass is 10.1. The largest absolute Gasteiger partial charge is 0.504 e. The summed E-state index contributed by atoms with van der Waals surface area (Å²) >= 11 is 3.34. The Balaban J connectivity index is 1.88. The van der Waals surface area contributed by atoms with Gasteiger partial charge in [-0.05, 0) is 42.0 Å². The fraction of sp³-hybridized carbons (Fsp3) is 0.0556. The van der Waals surface area contributed by atoms with Gasteiger partial charge < -0.3 is 14.3 Å². The minimum Gasteiger partial charge on any atom is -0.504 e. The number of hydrogen-bond donors (Lipinski definition) is 1. The van der Waals surface area contributed by atoms with Crippen LogP contribution in [-0.4, -0.2) is 18.0 Å². The third-order valence-corrected chi connectivity index (χ3v) is 4.07. The molecule has 0 aliphatic heterocycles. The Morgan fingerprint density at radius 1 is 1.26 bits per heavy atom. The predicted molar refractivity (Wildman–Crippen MR) is 91.9 cm³/mol. The summed E-state index contributed by atoms with van der Waals surface area (Å²) in [5.74, 6) is 0.411. The molecule has 0 saturated heterocycles. The summed E-state index contributed by atoms with van der Waals surface area (Å²) in [6.07, 6.45) is 3.07. The number of para-hydroxylation sites is 1. The monoisotopic (exact) mass is 372 g/mol. The van der Waals surface area contributed by atoms with Gasteiger partial charge in [0.15, 0.2) is 17.3 Å². The number of carbonyl (C=O) groups is 1. The molecule has 116 valence electrons. The van der Waals surface area contributed by atoms with Gasteiger partial charge in [0.25, 0.3) is 0 Å². The summed E-state index contributed by atoms with van der Waals surface area (Å²) in [4.78, 5) is 12.2. The number of phenols is 1. The Labute approximate surface area is 141 Å². The summed E-state index contributed by atoms with van der Waals surface area (Å²) in [7, 11) is 1.47. The summed E-state index contributed by atoms with van der Waals surface area (Å²) in [6.45, 7) is 0. The number of hydrogen-bond acceptors (Lipinski definition) is 4. The van der Waals surface area contributed by atoms with E-state index < -0.39 is 0 Å². The van der Waals surface area contributed by atoms with E-state index in [9.17, 15) is 9.90 Å². The second-order valence-corrected chi connectivity index (χ2v) is 5.75. The Hall–Kier alpha value is -2.53. The highest BCUT2D eigenvalue weighted by atomic mass is 79.9. The molecule has 3 rings (SSSR count). The van der Waals surface area contributed by atoms with Crippen LogP contribution in [0.5, 0.6) is 11.5 Å². The van der Waals surface area contributed by atoms with Crippen LogP contribution in [0.4, 0.5) is 0 Å². The quantitative estimate of drug-likeness (QED) is 0.527. The number of rotatable bonds is 4. The van der Waals surface area contributed by atoms with Crippen molar-refractivity contribution in [3.8, 4) is 11.5 Å². The van der Waals surface area contributed by atoms with Crippen molar-refractivity contribution in [3.63, 3.8) is 0 Å². The number of fused-ring (bicyclic) bond motifs is 1. The van der Waals surface area contributed by atoms with Crippen molar-refractivity contribution in [1.29, 1.82) is 0 Å². The molecule has 0 spiro atoms. The van der Waals surface area contributed by atoms with Crippen molar-refractivity contribution < 1.29 is 19.1 Å². The van der Waals surface area contributed by atoms with Crippen LogP contribution < -0.4 is 4.74 Å². The molecule has 0 radical (unpaired) electrons. The predicted octanol–water partition coefficient (Wildman–Crippen LogP) is 4.81. The van der Waals surface area contributed by atoms with Gasteiger partial charge in [0.05, 0.1) is 7.11 Å². The van der Waals surface area contributed by atoms with Crippen molar-refractivity contribution in [1.82, 2.24) is 0 Å². The van der Waals surface area contributed by atoms with Gasteiger partial charge in [0.2, 0.25) is 5.78 Å². The maximum absolute atomic E-state index is 12.2. The van der Waals surface area contributed by atoms with E-state index in [1.807, 2.05) is 24.3 Å². The average Bonchev–Trinajstić information content (AvgIpc) is 2.98. The lowest BCUT2D eigenvalue weighted by molar-refractivity contribution is 0.102. The third kappa shape index (κ3) is 3.14. The number of carbonyl (C=O) groups excluding carboxylic acids is 1. The number of furan rings is 1. The molecule has 0 aliphatic carbocycles. The number of allylic oxidation sites excluding steroid dienone is 1. The van der Waals surface area contributed by atoms with Gasteiger partial charge in [-0.3, -0.25) is 4.79 Å². The van der Waals surface area contributed by atoms with Crippen molar-refractivity contribution in [2.45, 2.75) is 0 Å². The standard InChI is InChI=1S/C18H13BrO4/c1-22-17-8-11(13(19)10-15(17)21)6-7-14(20)18-9-12-4-2-3-5-16(12)23-18/h2-10,21H,1H3. The van der Waals surface area contributed by atoms with Crippen LogP contribution in [0.3, 0.4) is 0 Å². The number of ketones is 1. The summed E-state index contributed by atoms with van der Waals surface area (Å²) in [6, 6.07) is 12.3. The zero-order valence-electron chi connectivity index (χ0n) is 12.2. The average molecular weight is 373 g/mol. The molecule has 0 amide bonds. The van der Waals surface area contributed by atoms with Gasteiger partial charge in [0.1, 0.15) is 5.58 Å². The molecule has 0 atom stereocenters. The fourth-order valence-electron chi connectivity index (χ4n) is 2.20. The Morgan fingerprint density at radius 2 is 2.04 bits per heavy atom. The van der Waals surface area contributed by atoms with Crippen molar-refractivity contribution in [3.05, 3.63) is 64.3 Å². The number of aromatic hydroxyl groups is 1. The molecular weight excluding hydrogens is 360 g/mol. The van der Waals surface area contributed by atoms with Crippen LogP contribution in [0.15, 0.2) is 57.4 Å². The van der Waals surface area contributed by atoms with Crippen LogP contribution in [0, 0.1) is 0 Å². The third-order valence-electron chi connectivity index (χ3n) is 3.38. The molecule has 1 heterocycles. The van der Waals surface area contributed by atoms with E-state index >= 15 is 0 Å². The highest BCUT2D eigenvalue weighted by Gasteiger charge is 2.10. The van der Waals surface area contributed by atoms with Crippen LogP contribution in [-0.2, 0) is 0 Å². The first-order chi connectivity index (χ1) is 11.1. The Bertz CT molecular complexity index is 876. The highest BCUT2D eigenvalue weighted by molar-refractivity contribution is 9.10. The minimum absolute atomic E-state index is 0.0279. The van der Waals surface area contributed by atoms with Crippen LogP contribution in [0.25, 0.3) is 17.0 Å². The molecule has 0 bridgehead atoms. The Morgan fingerprint density at radius 3 is 2.78 bits per heavy atom. The fourth-order valence-corrected chi connectivity index (χ4v) is 2.66. The lowest BCUT2D eigenvalue weighted by Crippen LogP contribution is -1.91. The van der Waals surface area contributed by atoms with Gasteiger partial charge in [-0.1, -0.05) is 34.1 Å². The smallest absolute Gasteiger partial charge is 0.221 e. The van der Waals surface area contributed by atoms with E-state index in [0.29, 0.717) is 21.4 Å². The second kappa shape index (κ2) is 6.30. The number of phenolic OH excluding ortho intramolecular Hbond substituents is 1. The molecule has 0 unspecified atom stereocenters. The maximum atomic E-state index is 12.2. The van der Waals surface area contributed by atoms with Crippen molar-refractivity contribution in [2.24, 2.45) is 0 Å². The van der Waals surface area contributed by atoms with E-state index in [-0.39, 0.29) is 17.3 Å². The SMILES string of the molecule is COc1cc(C=CC(=O)c2cc3ccccc3o2)c(Br)cc1O. The van der Waals surface area contributed by atoms with Gasteiger partial charge in [-0.2, -0.15) is 0 Å². The van der Waals surface area contributed by atoms with E-state index in [0.717, 1.165) is 5.39 Å². The first-order valence-corrected chi connectivity index (χ1v) is 7.65.